The number of aromatic nitrogens is 1. The molecule has 0 bridgehead atoms. The van der Waals surface area contributed by atoms with Crippen LogP contribution in [-0.2, 0) is 6.61 Å². The minimum absolute atomic E-state index is 0.203. The van der Waals surface area contributed by atoms with Crippen LogP contribution in [0.2, 0.25) is 0 Å². The van der Waals surface area contributed by atoms with Crippen molar-refractivity contribution in [2.75, 3.05) is 30.4 Å². The fourth-order valence-electron chi connectivity index (χ4n) is 2.89. The summed E-state index contributed by atoms with van der Waals surface area (Å²) in [6, 6.07) is 16.8. The van der Waals surface area contributed by atoms with Gasteiger partial charge in [0, 0.05) is 48.5 Å². The summed E-state index contributed by atoms with van der Waals surface area (Å²) < 4.78 is 11.6. The molecule has 0 aliphatic heterocycles. The Bertz CT molecular complexity index is 976. The minimum atomic E-state index is -0.203. The SMILES string of the molecule is CCOc1cc(C(=O)Nc2cccc(N(C)CC)c2)ccc1OCc1cccnc1. The smallest absolute Gasteiger partial charge is 0.255 e. The lowest BCUT2D eigenvalue weighted by Crippen LogP contribution is -2.17. The van der Waals surface area contributed by atoms with E-state index in [1.807, 2.05) is 50.4 Å². The molecular weight excluding hydrogens is 378 g/mol. The zero-order valence-electron chi connectivity index (χ0n) is 17.6. The number of nitrogens with one attached hydrogen (secondary N) is 1. The average Bonchev–Trinajstić information content (AvgIpc) is 2.78. The minimum Gasteiger partial charge on any atom is -0.490 e. The van der Waals surface area contributed by atoms with Gasteiger partial charge in [-0.2, -0.15) is 0 Å². The van der Waals surface area contributed by atoms with Crippen LogP contribution in [0.3, 0.4) is 0 Å². The average molecular weight is 405 g/mol. The molecule has 1 aromatic heterocycles. The molecule has 0 radical (unpaired) electrons. The summed E-state index contributed by atoms with van der Waals surface area (Å²) in [4.78, 5) is 19.0. The lowest BCUT2D eigenvalue weighted by Gasteiger charge is -2.18. The van der Waals surface area contributed by atoms with Gasteiger partial charge in [-0.25, -0.2) is 0 Å². The number of ether oxygens (including phenoxy) is 2. The van der Waals surface area contributed by atoms with Crippen LogP contribution in [0.1, 0.15) is 29.8 Å². The summed E-state index contributed by atoms with van der Waals surface area (Å²) in [7, 11) is 2.01. The summed E-state index contributed by atoms with van der Waals surface area (Å²) in [5.74, 6) is 0.920. The normalized spacial score (nSPS) is 10.4. The second-order valence-corrected chi connectivity index (χ2v) is 6.76. The number of hydrogen-bond donors (Lipinski definition) is 1. The van der Waals surface area contributed by atoms with Crippen LogP contribution in [0.4, 0.5) is 11.4 Å². The van der Waals surface area contributed by atoms with Gasteiger partial charge < -0.3 is 19.7 Å². The Balaban J connectivity index is 1.74. The Kier molecular flexibility index (Phi) is 7.27. The van der Waals surface area contributed by atoms with Gasteiger partial charge >= 0.3 is 0 Å². The Hall–Kier alpha value is -3.54. The van der Waals surface area contributed by atoms with Crippen LogP contribution in [0.5, 0.6) is 11.5 Å². The first-order valence-electron chi connectivity index (χ1n) is 10.0. The van der Waals surface area contributed by atoms with Crippen LogP contribution in [0, 0.1) is 0 Å². The van der Waals surface area contributed by atoms with Crippen molar-refractivity contribution < 1.29 is 14.3 Å². The molecule has 0 aliphatic carbocycles. The van der Waals surface area contributed by atoms with Crippen molar-refractivity contribution >= 4 is 17.3 Å². The molecule has 1 amide bonds. The molecular formula is C24H27N3O3. The number of amides is 1. The Morgan fingerprint density at radius 3 is 2.63 bits per heavy atom. The van der Waals surface area contributed by atoms with E-state index in [1.54, 1.807) is 30.6 Å². The monoisotopic (exact) mass is 405 g/mol. The van der Waals surface area contributed by atoms with Gasteiger partial charge in [-0.15, -0.1) is 0 Å². The molecule has 156 valence electrons. The molecule has 1 N–H and O–H groups in total. The highest BCUT2D eigenvalue weighted by molar-refractivity contribution is 6.04. The summed E-state index contributed by atoms with van der Waals surface area (Å²) in [5.41, 5.74) is 3.25. The van der Waals surface area contributed by atoms with Crippen LogP contribution >= 0.6 is 0 Å². The quantitative estimate of drug-likeness (QED) is 0.556. The van der Waals surface area contributed by atoms with E-state index in [1.165, 1.54) is 0 Å². The third-order valence-electron chi connectivity index (χ3n) is 4.64. The maximum atomic E-state index is 12.8. The molecule has 1 heterocycles. The molecule has 0 saturated carbocycles. The van der Waals surface area contributed by atoms with E-state index in [0.29, 0.717) is 30.3 Å². The van der Waals surface area contributed by atoms with E-state index >= 15 is 0 Å². The van der Waals surface area contributed by atoms with Gasteiger partial charge in [-0.1, -0.05) is 12.1 Å². The molecule has 3 aromatic rings. The van der Waals surface area contributed by atoms with Crippen molar-refractivity contribution in [1.82, 2.24) is 4.98 Å². The first kappa shape index (κ1) is 21.2. The summed E-state index contributed by atoms with van der Waals surface area (Å²) >= 11 is 0. The number of hydrogen-bond acceptors (Lipinski definition) is 5. The molecule has 0 saturated heterocycles. The standard InChI is InChI=1S/C24H27N3O3/c1-4-27(3)21-10-6-9-20(15-21)26-24(28)19-11-12-22(23(14-19)29-5-2)30-17-18-8-7-13-25-16-18/h6-16H,4-5,17H2,1-3H3,(H,26,28). The maximum absolute atomic E-state index is 12.8. The van der Waals surface area contributed by atoms with Crippen molar-refractivity contribution in [1.29, 1.82) is 0 Å². The highest BCUT2D eigenvalue weighted by Crippen LogP contribution is 2.30. The predicted octanol–water partition coefficient (Wildman–Crippen LogP) is 4.77. The molecule has 30 heavy (non-hydrogen) atoms. The number of carbonyl (C=O) groups is 1. The molecule has 6 heteroatoms. The van der Waals surface area contributed by atoms with Gasteiger partial charge in [0.25, 0.3) is 5.91 Å². The Morgan fingerprint density at radius 1 is 1.03 bits per heavy atom. The van der Waals surface area contributed by atoms with Gasteiger partial charge in [0.2, 0.25) is 0 Å². The highest BCUT2D eigenvalue weighted by atomic mass is 16.5. The van der Waals surface area contributed by atoms with Crippen LogP contribution < -0.4 is 19.7 Å². The molecule has 0 fully saturated rings. The molecule has 0 atom stereocenters. The summed E-state index contributed by atoms with van der Waals surface area (Å²) in [5, 5.41) is 2.95. The van der Waals surface area contributed by atoms with Crippen LogP contribution in [0.15, 0.2) is 67.0 Å². The molecule has 0 aliphatic rings. The van der Waals surface area contributed by atoms with Gasteiger partial charge in [-0.05, 0) is 56.3 Å². The highest BCUT2D eigenvalue weighted by Gasteiger charge is 2.13. The van der Waals surface area contributed by atoms with E-state index < -0.39 is 0 Å². The summed E-state index contributed by atoms with van der Waals surface area (Å²) in [6.45, 7) is 5.71. The molecule has 0 unspecified atom stereocenters. The largest absolute Gasteiger partial charge is 0.490 e. The second kappa shape index (κ2) is 10.3. The van der Waals surface area contributed by atoms with Crippen molar-refractivity contribution in [2.45, 2.75) is 20.5 Å². The number of pyridine rings is 1. The number of benzene rings is 2. The van der Waals surface area contributed by atoms with Crippen molar-refractivity contribution in [3.8, 4) is 11.5 Å². The first-order valence-corrected chi connectivity index (χ1v) is 10.0. The summed E-state index contributed by atoms with van der Waals surface area (Å²) in [6.07, 6.45) is 3.48. The molecule has 3 rings (SSSR count). The van der Waals surface area contributed by atoms with Crippen molar-refractivity contribution in [3.63, 3.8) is 0 Å². The topological polar surface area (TPSA) is 63.7 Å². The fraction of sp³-hybridized carbons (Fsp3) is 0.250. The number of rotatable bonds is 9. The van der Waals surface area contributed by atoms with E-state index in [4.69, 9.17) is 9.47 Å². The van der Waals surface area contributed by atoms with E-state index in [2.05, 4.69) is 22.1 Å². The Labute approximate surface area is 177 Å². The fourth-order valence-corrected chi connectivity index (χ4v) is 2.89. The van der Waals surface area contributed by atoms with E-state index in [-0.39, 0.29) is 5.91 Å². The maximum Gasteiger partial charge on any atom is 0.255 e. The number of anilines is 2. The van der Waals surface area contributed by atoms with Crippen molar-refractivity contribution in [3.05, 3.63) is 78.1 Å². The zero-order chi connectivity index (χ0) is 21.3. The first-order chi connectivity index (χ1) is 14.6. The van der Waals surface area contributed by atoms with Gasteiger partial charge in [0.15, 0.2) is 11.5 Å². The van der Waals surface area contributed by atoms with Crippen molar-refractivity contribution in [2.24, 2.45) is 0 Å². The van der Waals surface area contributed by atoms with Gasteiger partial charge in [-0.3, -0.25) is 9.78 Å². The molecule has 6 nitrogen and oxygen atoms in total. The van der Waals surface area contributed by atoms with Crippen LogP contribution in [0.25, 0.3) is 0 Å². The third kappa shape index (κ3) is 5.50. The lowest BCUT2D eigenvalue weighted by molar-refractivity contribution is 0.102. The number of carbonyl (C=O) groups excluding carboxylic acids is 1. The molecule has 0 spiro atoms. The second-order valence-electron chi connectivity index (χ2n) is 6.76. The lowest BCUT2D eigenvalue weighted by atomic mass is 10.1. The van der Waals surface area contributed by atoms with Gasteiger partial charge in [0.1, 0.15) is 6.61 Å². The predicted molar refractivity (Wildman–Crippen MR) is 120 cm³/mol. The third-order valence-corrected chi connectivity index (χ3v) is 4.64. The van der Waals surface area contributed by atoms with Crippen LogP contribution in [-0.4, -0.2) is 31.1 Å². The van der Waals surface area contributed by atoms with Gasteiger partial charge in [0.05, 0.1) is 6.61 Å². The number of nitrogens with zero attached hydrogens (tertiary/aromatic N) is 2. The van der Waals surface area contributed by atoms with E-state index in [0.717, 1.165) is 23.5 Å². The Morgan fingerprint density at radius 2 is 1.90 bits per heavy atom. The zero-order valence-corrected chi connectivity index (χ0v) is 17.6. The van der Waals surface area contributed by atoms with E-state index in [9.17, 15) is 4.79 Å². The molecule has 2 aromatic carbocycles.